The highest BCUT2D eigenvalue weighted by Crippen LogP contribution is 2.24. The molecule has 0 radical (unpaired) electrons. The van der Waals surface area contributed by atoms with Crippen molar-refractivity contribution in [2.45, 2.75) is 29.9 Å². The molecule has 1 heterocycles. The van der Waals surface area contributed by atoms with Crippen LogP contribution >= 0.6 is 0 Å². The van der Waals surface area contributed by atoms with Crippen molar-refractivity contribution in [1.82, 2.24) is 0 Å². The number of hydrogen-bond donors (Lipinski definition) is 5. The number of rotatable bonds is 2. The highest BCUT2D eigenvalue weighted by molar-refractivity contribution is 7.86. The molecule has 0 saturated carbocycles. The van der Waals surface area contributed by atoms with Crippen LogP contribution in [0, 0.1) is 0 Å². The average Bonchev–Trinajstić information content (AvgIpc) is 2.11. The van der Waals surface area contributed by atoms with Crippen molar-refractivity contribution in [2.75, 3.05) is 6.61 Å². The number of hydrogen-bond acceptors (Lipinski definition) is 7. The van der Waals surface area contributed by atoms with E-state index >= 15 is 0 Å². The monoisotopic (exact) mass is 244 g/mol. The fraction of sp³-hybridized carbons (Fsp3) is 1.00. The molecule has 0 unspecified atom stereocenters. The van der Waals surface area contributed by atoms with Gasteiger partial charge in [0.05, 0.1) is 6.61 Å². The van der Waals surface area contributed by atoms with Crippen molar-refractivity contribution >= 4 is 10.1 Å². The van der Waals surface area contributed by atoms with E-state index < -0.39 is 46.6 Å². The summed E-state index contributed by atoms with van der Waals surface area (Å²) >= 11 is 0. The van der Waals surface area contributed by atoms with Crippen molar-refractivity contribution in [2.24, 2.45) is 0 Å². The fourth-order valence-electron chi connectivity index (χ4n) is 1.43. The summed E-state index contributed by atoms with van der Waals surface area (Å²) in [6, 6.07) is 0. The normalized spacial score (nSPS) is 42.9. The first-order valence-corrected chi connectivity index (χ1v) is 5.56. The van der Waals surface area contributed by atoms with Crippen LogP contribution in [0.15, 0.2) is 0 Å². The minimum Gasteiger partial charge on any atom is -0.394 e. The van der Waals surface area contributed by atoms with Crippen LogP contribution in [0.1, 0.15) is 0 Å². The largest absolute Gasteiger partial charge is 0.394 e. The van der Waals surface area contributed by atoms with Gasteiger partial charge in [-0.15, -0.1) is 0 Å². The van der Waals surface area contributed by atoms with E-state index in [1.165, 1.54) is 0 Å². The Morgan fingerprint density at radius 3 is 2.07 bits per heavy atom. The van der Waals surface area contributed by atoms with Gasteiger partial charge in [-0.3, -0.25) is 4.55 Å². The van der Waals surface area contributed by atoms with Crippen LogP contribution < -0.4 is 0 Å². The zero-order chi connectivity index (χ0) is 11.8. The summed E-state index contributed by atoms with van der Waals surface area (Å²) in [6.45, 7) is -0.828. The third-order valence-corrected chi connectivity index (χ3v) is 3.45. The molecule has 15 heavy (non-hydrogen) atoms. The third kappa shape index (κ3) is 2.45. The summed E-state index contributed by atoms with van der Waals surface area (Å²) in [4.78, 5) is 0. The van der Waals surface area contributed by atoms with Crippen LogP contribution in [0.5, 0.6) is 0 Å². The molecule has 5 atom stereocenters. The maximum absolute atomic E-state index is 10.8. The van der Waals surface area contributed by atoms with Crippen molar-refractivity contribution in [3.8, 4) is 0 Å². The van der Waals surface area contributed by atoms with Gasteiger partial charge in [0.15, 0.2) is 6.29 Å². The maximum atomic E-state index is 10.8. The summed E-state index contributed by atoms with van der Waals surface area (Å²) in [7, 11) is -4.70. The zero-order valence-corrected chi connectivity index (χ0v) is 8.28. The first kappa shape index (κ1) is 12.8. The highest BCUT2D eigenvalue weighted by Gasteiger charge is 2.49. The molecule has 8 nitrogen and oxygen atoms in total. The van der Waals surface area contributed by atoms with E-state index in [1.807, 2.05) is 0 Å². The topological polar surface area (TPSA) is 145 Å². The summed E-state index contributed by atoms with van der Waals surface area (Å²) in [5.41, 5.74) is 0. The molecule has 1 saturated heterocycles. The molecule has 0 bridgehead atoms. The van der Waals surface area contributed by atoms with Crippen LogP contribution in [-0.4, -0.2) is 69.9 Å². The number of aliphatic hydroxyl groups is 4. The molecule has 0 aromatic carbocycles. The van der Waals surface area contributed by atoms with Gasteiger partial charge in [-0.2, -0.15) is 8.42 Å². The summed E-state index contributed by atoms with van der Waals surface area (Å²) in [5, 5.41) is 34.3. The van der Waals surface area contributed by atoms with E-state index in [0.717, 1.165) is 0 Å². The highest BCUT2D eigenvalue weighted by atomic mass is 32.2. The molecule has 0 aromatic heterocycles. The van der Waals surface area contributed by atoms with Gasteiger partial charge >= 0.3 is 0 Å². The molecule has 1 aliphatic heterocycles. The Balaban J connectivity index is 3.00. The van der Waals surface area contributed by atoms with E-state index in [1.54, 1.807) is 0 Å². The third-order valence-electron chi connectivity index (χ3n) is 2.18. The first-order valence-electron chi connectivity index (χ1n) is 4.06. The molecule has 0 amide bonds. The Bertz CT molecular complexity index is 311. The van der Waals surface area contributed by atoms with Gasteiger partial charge in [0.1, 0.15) is 23.6 Å². The molecule has 5 N–H and O–H groups in total. The lowest BCUT2D eigenvalue weighted by molar-refractivity contribution is -0.250. The van der Waals surface area contributed by atoms with Gasteiger partial charge in [-0.1, -0.05) is 0 Å². The van der Waals surface area contributed by atoms with Gasteiger partial charge in [-0.05, 0) is 0 Å². The lowest BCUT2D eigenvalue weighted by atomic mass is 10.0. The SMILES string of the molecule is O=S(=O)(O)[C@@H]1[C@H](O)[C@@H](O)[C@@H](O)O[C@@H]1CO. The predicted molar refractivity (Wildman–Crippen MR) is 45.3 cm³/mol. The second-order valence-electron chi connectivity index (χ2n) is 3.21. The van der Waals surface area contributed by atoms with Crippen molar-refractivity contribution in [3.05, 3.63) is 0 Å². The van der Waals surface area contributed by atoms with E-state index in [4.69, 9.17) is 19.9 Å². The Morgan fingerprint density at radius 2 is 1.67 bits per heavy atom. The molecule has 0 aromatic rings. The molecule has 1 rings (SSSR count). The second kappa shape index (κ2) is 4.29. The predicted octanol–water partition coefficient (Wildman–Crippen LogP) is -3.33. The lowest BCUT2D eigenvalue weighted by Crippen LogP contribution is -2.60. The molecule has 9 heteroatoms. The van der Waals surface area contributed by atoms with Crippen molar-refractivity contribution < 1.29 is 38.1 Å². The quantitative estimate of drug-likeness (QED) is 0.317. The minimum absolute atomic E-state index is 0.828. The molecule has 1 aliphatic rings. The van der Waals surface area contributed by atoms with E-state index in [2.05, 4.69) is 4.74 Å². The molecule has 1 fully saturated rings. The van der Waals surface area contributed by atoms with Crippen molar-refractivity contribution in [3.63, 3.8) is 0 Å². The Hall–Kier alpha value is -0.290. The van der Waals surface area contributed by atoms with Crippen LogP contribution in [0.2, 0.25) is 0 Å². The Labute approximate surface area is 85.5 Å². The van der Waals surface area contributed by atoms with Gasteiger partial charge in [0, 0.05) is 0 Å². The van der Waals surface area contributed by atoms with Crippen LogP contribution in [-0.2, 0) is 14.9 Å². The zero-order valence-electron chi connectivity index (χ0n) is 7.46. The van der Waals surface area contributed by atoms with Gasteiger partial charge < -0.3 is 25.2 Å². The standard InChI is InChI=1S/C6H12O8S/c7-1-2-5(15(11,12)13)3(8)4(9)6(10)14-2/h2-10H,1H2,(H,11,12,13)/t2-,3-,4-,5+,6+/m1/s1. The smallest absolute Gasteiger partial charge is 0.273 e. The van der Waals surface area contributed by atoms with Gasteiger partial charge in [0.2, 0.25) is 0 Å². The summed E-state index contributed by atoms with van der Waals surface area (Å²) in [6.07, 6.45) is -7.09. The van der Waals surface area contributed by atoms with E-state index in [9.17, 15) is 13.5 Å². The molecule has 0 aliphatic carbocycles. The second-order valence-corrected chi connectivity index (χ2v) is 4.78. The summed E-state index contributed by atoms with van der Waals surface area (Å²) < 4.78 is 34.9. The number of ether oxygens (including phenoxy) is 1. The maximum Gasteiger partial charge on any atom is 0.273 e. The van der Waals surface area contributed by atoms with Crippen LogP contribution in [0.25, 0.3) is 0 Å². The molecule has 0 spiro atoms. The van der Waals surface area contributed by atoms with Gasteiger partial charge in [0.25, 0.3) is 10.1 Å². The average molecular weight is 244 g/mol. The lowest BCUT2D eigenvalue weighted by Gasteiger charge is -2.38. The Morgan fingerprint density at radius 1 is 1.13 bits per heavy atom. The summed E-state index contributed by atoms with van der Waals surface area (Å²) in [5.74, 6) is 0. The molecular formula is C6H12O8S. The van der Waals surface area contributed by atoms with Gasteiger partial charge in [-0.25, -0.2) is 0 Å². The van der Waals surface area contributed by atoms with E-state index in [-0.39, 0.29) is 0 Å². The first-order chi connectivity index (χ1) is 6.79. The molecular weight excluding hydrogens is 232 g/mol. The minimum atomic E-state index is -4.70. The van der Waals surface area contributed by atoms with E-state index in [0.29, 0.717) is 0 Å². The van der Waals surface area contributed by atoms with Crippen molar-refractivity contribution in [1.29, 1.82) is 0 Å². The Kier molecular flexibility index (Phi) is 3.66. The molecule has 90 valence electrons. The van der Waals surface area contributed by atoms with Crippen LogP contribution in [0.4, 0.5) is 0 Å². The fourth-order valence-corrected chi connectivity index (χ4v) is 2.48. The van der Waals surface area contributed by atoms with Crippen LogP contribution in [0.3, 0.4) is 0 Å². The number of aliphatic hydroxyl groups excluding tert-OH is 4.